The lowest BCUT2D eigenvalue weighted by Crippen LogP contribution is -2.20. The Bertz CT molecular complexity index is 1050. The first-order valence-corrected chi connectivity index (χ1v) is 11.1. The van der Waals surface area contributed by atoms with E-state index in [1.54, 1.807) is 0 Å². The van der Waals surface area contributed by atoms with Crippen LogP contribution in [-0.4, -0.2) is 43.8 Å². The molecule has 0 aliphatic carbocycles. The lowest BCUT2D eigenvalue weighted by Gasteiger charge is -2.15. The molecular formula is C20H20N2O3S2. The fourth-order valence-electron chi connectivity index (χ4n) is 3.26. The highest BCUT2D eigenvalue weighted by atomic mass is 32.2. The average molecular weight is 401 g/mol. The van der Waals surface area contributed by atoms with Gasteiger partial charge < -0.3 is 0 Å². The van der Waals surface area contributed by atoms with E-state index >= 15 is 0 Å². The molecule has 2 aliphatic rings. The Kier molecular flexibility index (Phi) is 5.72. The highest BCUT2D eigenvalue weighted by Crippen LogP contribution is 2.46. The zero-order chi connectivity index (χ0) is 19.6. The van der Waals surface area contributed by atoms with Gasteiger partial charge in [-0.2, -0.15) is 13.7 Å². The number of hydrogen-bond acceptors (Lipinski definition) is 5. The van der Waals surface area contributed by atoms with Crippen LogP contribution in [0.4, 0.5) is 0 Å². The minimum atomic E-state index is -3.67. The van der Waals surface area contributed by atoms with Crippen molar-refractivity contribution in [1.82, 2.24) is 4.90 Å². The molecular weight excluding hydrogens is 380 g/mol. The molecule has 0 unspecified atom stereocenters. The van der Waals surface area contributed by atoms with Gasteiger partial charge >= 0.3 is 0 Å². The van der Waals surface area contributed by atoms with E-state index in [-0.39, 0.29) is 0 Å². The SMILES string of the molecule is CCN1CC2=C(C1)c1cc(C#N)ccc1Sc1ccccc12.CS(=O)(=O)O. The molecule has 0 atom stereocenters. The van der Waals surface area contributed by atoms with E-state index in [1.165, 1.54) is 32.1 Å². The van der Waals surface area contributed by atoms with E-state index in [1.807, 2.05) is 17.8 Å². The summed E-state index contributed by atoms with van der Waals surface area (Å²) in [6, 6.07) is 17.0. The Labute approximate surface area is 164 Å². The maximum atomic E-state index is 9.24. The predicted molar refractivity (Wildman–Crippen MR) is 108 cm³/mol. The number of benzene rings is 2. The standard InChI is InChI=1S/C19H16N2S.CH4O3S/c1-2-21-11-16-14-5-3-4-6-18(14)22-19-8-7-13(10-20)9-15(19)17(16)12-21;1-5(2,3)4/h3-9H,2,11-12H2,1H3;1H3,(H,2,3,4). The van der Waals surface area contributed by atoms with Crippen molar-refractivity contribution < 1.29 is 13.0 Å². The van der Waals surface area contributed by atoms with Gasteiger partial charge in [0.1, 0.15) is 0 Å². The van der Waals surface area contributed by atoms with Gasteiger partial charge in [0.15, 0.2) is 0 Å². The van der Waals surface area contributed by atoms with Crippen molar-refractivity contribution in [2.45, 2.75) is 16.7 Å². The molecule has 2 aliphatic heterocycles. The Morgan fingerprint density at radius 2 is 1.70 bits per heavy atom. The first-order chi connectivity index (χ1) is 12.8. The van der Waals surface area contributed by atoms with Crippen LogP contribution in [0.2, 0.25) is 0 Å². The van der Waals surface area contributed by atoms with Crippen molar-refractivity contribution in [1.29, 1.82) is 5.26 Å². The molecule has 27 heavy (non-hydrogen) atoms. The number of rotatable bonds is 1. The third kappa shape index (κ3) is 4.60. The van der Waals surface area contributed by atoms with Gasteiger partial charge in [-0.05, 0) is 53.1 Å². The van der Waals surface area contributed by atoms with Crippen LogP contribution >= 0.6 is 11.8 Å². The Morgan fingerprint density at radius 3 is 2.33 bits per heavy atom. The van der Waals surface area contributed by atoms with E-state index in [9.17, 15) is 13.7 Å². The minimum Gasteiger partial charge on any atom is -0.295 e. The van der Waals surface area contributed by atoms with Crippen molar-refractivity contribution in [2.24, 2.45) is 0 Å². The summed E-state index contributed by atoms with van der Waals surface area (Å²) in [7, 11) is -3.67. The normalized spacial score (nSPS) is 15.6. The molecule has 2 aromatic carbocycles. The van der Waals surface area contributed by atoms with Crippen LogP contribution in [0, 0.1) is 11.3 Å². The molecule has 0 bridgehead atoms. The molecule has 2 heterocycles. The summed E-state index contributed by atoms with van der Waals surface area (Å²) in [6.07, 6.45) is 0.715. The van der Waals surface area contributed by atoms with E-state index in [2.05, 4.69) is 54.3 Å². The molecule has 0 amide bonds. The van der Waals surface area contributed by atoms with E-state index in [0.717, 1.165) is 25.2 Å². The first-order valence-electron chi connectivity index (χ1n) is 8.48. The molecule has 4 rings (SSSR count). The van der Waals surface area contributed by atoms with Gasteiger partial charge in [-0.3, -0.25) is 9.45 Å². The van der Waals surface area contributed by atoms with Crippen LogP contribution in [0.1, 0.15) is 23.6 Å². The van der Waals surface area contributed by atoms with Crippen molar-refractivity contribution in [3.8, 4) is 6.07 Å². The Morgan fingerprint density at radius 1 is 1.11 bits per heavy atom. The second kappa shape index (κ2) is 7.87. The van der Waals surface area contributed by atoms with Crippen molar-refractivity contribution in [3.63, 3.8) is 0 Å². The monoisotopic (exact) mass is 400 g/mol. The predicted octanol–water partition coefficient (Wildman–Crippen LogP) is 3.77. The highest BCUT2D eigenvalue weighted by Gasteiger charge is 2.28. The van der Waals surface area contributed by atoms with Gasteiger partial charge in [0.2, 0.25) is 0 Å². The summed E-state index contributed by atoms with van der Waals surface area (Å²) in [5, 5.41) is 9.24. The number of likely N-dealkylation sites (N-methyl/N-ethyl adjacent to an activating group) is 1. The van der Waals surface area contributed by atoms with Crippen molar-refractivity contribution in [2.75, 3.05) is 25.9 Å². The molecule has 7 heteroatoms. The van der Waals surface area contributed by atoms with E-state index in [4.69, 9.17) is 4.55 Å². The molecule has 0 radical (unpaired) electrons. The smallest absolute Gasteiger partial charge is 0.261 e. The lowest BCUT2D eigenvalue weighted by molar-refractivity contribution is 0.379. The van der Waals surface area contributed by atoms with Gasteiger partial charge in [0.25, 0.3) is 10.1 Å². The van der Waals surface area contributed by atoms with Gasteiger partial charge in [-0.25, -0.2) is 0 Å². The molecule has 0 spiro atoms. The summed E-state index contributed by atoms with van der Waals surface area (Å²) in [6.45, 7) is 5.23. The van der Waals surface area contributed by atoms with Gasteiger partial charge in [0.05, 0.1) is 17.9 Å². The van der Waals surface area contributed by atoms with Crippen LogP contribution in [0.15, 0.2) is 52.3 Å². The highest BCUT2D eigenvalue weighted by molar-refractivity contribution is 7.99. The molecule has 140 valence electrons. The number of nitrogens with zero attached hydrogens (tertiary/aromatic N) is 2. The molecule has 0 fully saturated rings. The average Bonchev–Trinajstić information content (AvgIpc) is 3.00. The molecule has 0 aromatic heterocycles. The van der Waals surface area contributed by atoms with Crippen LogP contribution in [0.5, 0.6) is 0 Å². The maximum absolute atomic E-state index is 9.24. The number of fused-ring (bicyclic) bond motifs is 4. The van der Waals surface area contributed by atoms with E-state index < -0.39 is 10.1 Å². The van der Waals surface area contributed by atoms with Gasteiger partial charge in [-0.15, -0.1) is 0 Å². The topological polar surface area (TPSA) is 81.4 Å². The zero-order valence-electron chi connectivity index (χ0n) is 15.1. The van der Waals surface area contributed by atoms with Crippen molar-refractivity contribution in [3.05, 3.63) is 59.2 Å². The molecule has 0 saturated heterocycles. The summed E-state index contributed by atoms with van der Waals surface area (Å²) in [4.78, 5) is 5.03. The van der Waals surface area contributed by atoms with Crippen molar-refractivity contribution >= 4 is 33.0 Å². The molecule has 1 N–H and O–H groups in total. The summed E-state index contributed by atoms with van der Waals surface area (Å²) in [5.41, 5.74) is 6.16. The quantitative estimate of drug-likeness (QED) is 0.734. The minimum absolute atomic E-state index is 0.715. The number of nitriles is 1. The zero-order valence-corrected chi connectivity index (χ0v) is 16.8. The summed E-state index contributed by atoms with van der Waals surface area (Å²) in [5.74, 6) is 0. The van der Waals surface area contributed by atoms with Gasteiger partial charge in [0, 0.05) is 22.9 Å². The third-order valence-corrected chi connectivity index (χ3v) is 5.59. The molecule has 2 aromatic rings. The van der Waals surface area contributed by atoms with Crippen LogP contribution < -0.4 is 0 Å². The van der Waals surface area contributed by atoms with E-state index in [0.29, 0.717) is 6.26 Å². The first kappa shape index (κ1) is 19.6. The molecule has 5 nitrogen and oxygen atoms in total. The van der Waals surface area contributed by atoms with Gasteiger partial charge in [-0.1, -0.05) is 36.9 Å². The second-order valence-corrected chi connectivity index (χ2v) is 8.96. The fraction of sp³-hybridized carbons (Fsp3) is 0.250. The fourth-order valence-corrected chi connectivity index (χ4v) is 4.37. The third-order valence-electron chi connectivity index (χ3n) is 4.44. The second-order valence-electron chi connectivity index (χ2n) is 6.41. The Balaban J connectivity index is 0.000000376. The van der Waals surface area contributed by atoms with Crippen LogP contribution in [0.3, 0.4) is 0 Å². The summed E-state index contributed by atoms with van der Waals surface area (Å²) >= 11 is 1.82. The Hall–Kier alpha value is -2.11. The largest absolute Gasteiger partial charge is 0.295 e. The van der Waals surface area contributed by atoms with Crippen LogP contribution in [-0.2, 0) is 10.1 Å². The molecule has 0 saturated carbocycles. The summed E-state index contributed by atoms with van der Waals surface area (Å²) < 4.78 is 25.9. The number of hydrogen-bond donors (Lipinski definition) is 1. The van der Waals surface area contributed by atoms with Crippen LogP contribution in [0.25, 0.3) is 11.1 Å². The lowest BCUT2D eigenvalue weighted by atomic mass is 9.96. The maximum Gasteiger partial charge on any atom is 0.261 e.